The van der Waals surface area contributed by atoms with Gasteiger partial charge in [-0.3, -0.25) is 9.69 Å². The summed E-state index contributed by atoms with van der Waals surface area (Å²) < 4.78 is 0. The fourth-order valence-corrected chi connectivity index (χ4v) is 4.09. The summed E-state index contributed by atoms with van der Waals surface area (Å²) in [5.74, 6) is 0.162. The lowest BCUT2D eigenvalue weighted by Crippen LogP contribution is -2.29. The van der Waals surface area contributed by atoms with E-state index in [0.717, 1.165) is 56.1 Å². The first-order chi connectivity index (χ1) is 9.65. The number of hydrogen-bond donors (Lipinski definition) is 2. The van der Waals surface area contributed by atoms with E-state index in [0.29, 0.717) is 0 Å². The van der Waals surface area contributed by atoms with Crippen molar-refractivity contribution >= 4 is 22.4 Å². The molecule has 1 aliphatic carbocycles. The zero-order valence-corrected chi connectivity index (χ0v) is 12.7. The number of anilines is 1. The third-order valence-electron chi connectivity index (χ3n) is 4.33. The molecule has 1 aliphatic heterocycles. The van der Waals surface area contributed by atoms with E-state index in [1.165, 1.54) is 4.88 Å². The molecule has 0 spiro atoms. The molecular formula is C14H22N4OS. The standard InChI is InChI=1S/C14H22N4OS/c1-2-18-6-5-11-12(8-18)20-14(16-11)17-13(19)9-3-4-10(15)7-9/h9-10H,2-8,15H2,1H3,(H,16,17,19). The van der Waals surface area contributed by atoms with Gasteiger partial charge in [-0.05, 0) is 25.8 Å². The van der Waals surface area contributed by atoms with Gasteiger partial charge in [0, 0.05) is 36.3 Å². The van der Waals surface area contributed by atoms with Crippen LogP contribution in [0.3, 0.4) is 0 Å². The number of fused-ring (bicyclic) bond motifs is 1. The van der Waals surface area contributed by atoms with Crippen LogP contribution in [0.25, 0.3) is 0 Å². The zero-order chi connectivity index (χ0) is 14.1. The van der Waals surface area contributed by atoms with Gasteiger partial charge in [0.15, 0.2) is 5.13 Å². The van der Waals surface area contributed by atoms with Gasteiger partial charge in [0.2, 0.25) is 5.91 Å². The van der Waals surface area contributed by atoms with E-state index < -0.39 is 0 Å². The highest BCUT2D eigenvalue weighted by Gasteiger charge is 2.29. The highest BCUT2D eigenvalue weighted by atomic mass is 32.1. The number of aromatic nitrogens is 1. The number of nitrogens with one attached hydrogen (secondary N) is 1. The van der Waals surface area contributed by atoms with Crippen LogP contribution >= 0.6 is 11.3 Å². The summed E-state index contributed by atoms with van der Waals surface area (Å²) in [6.45, 7) is 5.28. The Morgan fingerprint density at radius 1 is 1.55 bits per heavy atom. The van der Waals surface area contributed by atoms with Gasteiger partial charge in [0.05, 0.1) is 5.69 Å². The van der Waals surface area contributed by atoms with Gasteiger partial charge in [-0.1, -0.05) is 6.92 Å². The van der Waals surface area contributed by atoms with E-state index in [9.17, 15) is 4.79 Å². The lowest BCUT2D eigenvalue weighted by atomic mass is 10.1. The normalized spacial score (nSPS) is 26.5. The van der Waals surface area contributed by atoms with Crippen LogP contribution in [-0.4, -0.2) is 34.9 Å². The molecule has 20 heavy (non-hydrogen) atoms. The fraction of sp³-hybridized carbons (Fsp3) is 0.714. The second-order valence-corrected chi connectivity index (χ2v) is 6.85. The maximum absolute atomic E-state index is 12.2. The highest BCUT2D eigenvalue weighted by Crippen LogP contribution is 2.30. The molecule has 0 saturated heterocycles. The molecule has 6 heteroatoms. The van der Waals surface area contributed by atoms with Crippen LogP contribution in [-0.2, 0) is 17.8 Å². The van der Waals surface area contributed by atoms with Gasteiger partial charge in [0.25, 0.3) is 0 Å². The number of hydrogen-bond acceptors (Lipinski definition) is 5. The lowest BCUT2D eigenvalue weighted by molar-refractivity contribution is -0.119. The molecule has 110 valence electrons. The van der Waals surface area contributed by atoms with Gasteiger partial charge in [0.1, 0.15) is 0 Å². The topological polar surface area (TPSA) is 71.2 Å². The molecule has 2 aliphatic rings. The largest absolute Gasteiger partial charge is 0.328 e. The Balaban J connectivity index is 1.64. The maximum Gasteiger partial charge on any atom is 0.229 e. The van der Waals surface area contributed by atoms with Crippen molar-refractivity contribution in [3.8, 4) is 0 Å². The van der Waals surface area contributed by atoms with Crippen molar-refractivity contribution in [2.45, 2.75) is 45.2 Å². The molecule has 0 radical (unpaired) electrons. The minimum absolute atomic E-state index is 0.0677. The first-order valence-electron chi connectivity index (χ1n) is 7.43. The van der Waals surface area contributed by atoms with Crippen molar-refractivity contribution in [3.63, 3.8) is 0 Å². The second kappa shape index (κ2) is 5.79. The van der Waals surface area contributed by atoms with Crippen molar-refractivity contribution in [2.75, 3.05) is 18.4 Å². The molecule has 1 fully saturated rings. The Morgan fingerprint density at radius 2 is 2.40 bits per heavy atom. The molecule has 1 aromatic heterocycles. The first-order valence-corrected chi connectivity index (χ1v) is 8.24. The molecule has 2 unspecified atom stereocenters. The average Bonchev–Trinajstić information content (AvgIpc) is 3.03. The van der Waals surface area contributed by atoms with E-state index >= 15 is 0 Å². The predicted octanol–water partition coefficient (Wildman–Crippen LogP) is 1.59. The number of rotatable bonds is 3. The first kappa shape index (κ1) is 14.0. The second-order valence-electron chi connectivity index (χ2n) is 5.77. The SMILES string of the molecule is CCN1CCc2nc(NC(=O)C3CCC(N)C3)sc2C1. The summed E-state index contributed by atoms with van der Waals surface area (Å²) in [7, 11) is 0. The van der Waals surface area contributed by atoms with Crippen LogP contribution in [0.1, 0.15) is 36.8 Å². The van der Waals surface area contributed by atoms with E-state index in [-0.39, 0.29) is 17.9 Å². The Labute approximate surface area is 123 Å². The molecule has 0 bridgehead atoms. The smallest absolute Gasteiger partial charge is 0.229 e. The van der Waals surface area contributed by atoms with Gasteiger partial charge in [-0.25, -0.2) is 4.98 Å². The zero-order valence-electron chi connectivity index (χ0n) is 11.9. The molecule has 1 amide bonds. The number of carbonyl (C=O) groups excluding carboxylic acids is 1. The van der Waals surface area contributed by atoms with Crippen molar-refractivity contribution in [2.24, 2.45) is 11.7 Å². The number of nitrogens with zero attached hydrogens (tertiary/aromatic N) is 2. The quantitative estimate of drug-likeness (QED) is 0.888. The minimum atomic E-state index is 0.0677. The molecule has 2 heterocycles. The number of carbonyl (C=O) groups is 1. The molecule has 3 N–H and O–H groups in total. The summed E-state index contributed by atoms with van der Waals surface area (Å²) in [4.78, 5) is 20.5. The Bertz CT molecular complexity index is 501. The molecule has 5 nitrogen and oxygen atoms in total. The van der Waals surface area contributed by atoms with E-state index in [4.69, 9.17) is 5.73 Å². The van der Waals surface area contributed by atoms with Gasteiger partial charge in [-0.2, -0.15) is 0 Å². The fourth-order valence-electron chi connectivity index (χ4n) is 3.03. The van der Waals surface area contributed by atoms with Crippen molar-refractivity contribution < 1.29 is 4.79 Å². The lowest BCUT2D eigenvalue weighted by Gasteiger charge is -2.23. The number of likely N-dealkylation sites (N-methyl/N-ethyl adjacent to an activating group) is 1. The van der Waals surface area contributed by atoms with Gasteiger partial charge < -0.3 is 11.1 Å². The third kappa shape index (κ3) is 2.87. The summed E-state index contributed by atoms with van der Waals surface area (Å²) in [6, 6.07) is 0.188. The predicted molar refractivity (Wildman–Crippen MR) is 80.7 cm³/mol. The highest BCUT2D eigenvalue weighted by molar-refractivity contribution is 7.15. The summed E-state index contributed by atoms with van der Waals surface area (Å²) >= 11 is 1.63. The Kier molecular flexibility index (Phi) is 4.05. The molecule has 0 aromatic carbocycles. The molecular weight excluding hydrogens is 272 g/mol. The number of nitrogens with two attached hydrogens (primary N) is 1. The van der Waals surface area contributed by atoms with Crippen molar-refractivity contribution in [1.82, 2.24) is 9.88 Å². The molecule has 1 saturated carbocycles. The average molecular weight is 294 g/mol. The van der Waals surface area contributed by atoms with Crippen molar-refractivity contribution in [3.05, 3.63) is 10.6 Å². The Morgan fingerprint density at radius 3 is 3.10 bits per heavy atom. The summed E-state index contributed by atoms with van der Waals surface area (Å²) in [5, 5.41) is 3.75. The number of amides is 1. The van der Waals surface area contributed by atoms with E-state index in [2.05, 4.69) is 22.1 Å². The maximum atomic E-state index is 12.2. The molecule has 3 rings (SSSR count). The van der Waals surface area contributed by atoms with Crippen molar-refractivity contribution in [1.29, 1.82) is 0 Å². The van der Waals surface area contributed by atoms with Crippen LogP contribution in [0.15, 0.2) is 0 Å². The van der Waals surface area contributed by atoms with Crippen LogP contribution in [0.5, 0.6) is 0 Å². The Hall–Kier alpha value is -0.980. The summed E-state index contributed by atoms with van der Waals surface area (Å²) in [6.07, 6.45) is 3.66. The van der Waals surface area contributed by atoms with Gasteiger partial charge in [-0.15, -0.1) is 11.3 Å². The summed E-state index contributed by atoms with van der Waals surface area (Å²) in [5.41, 5.74) is 7.03. The van der Waals surface area contributed by atoms with Crippen LogP contribution in [0, 0.1) is 5.92 Å². The minimum Gasteiger partial charge on any atom is -0.328 e. The molecule has 1 aromatic rings. The van der Waals surface area contributed by atoms with E-state index in [1.807, 2.05) is 0 Å². The van der Waals surface area contributed by atoms with Crippen LogP contribution in [0.2, 0.25) is 0 Å². The monoisotopic (exact) mass is 294 g/mol. The van der Waals surface area contributed by atoms with Crippen LogP contribution in [0.4, 0.5) is 5.13 Å². The third-order valence-corrected chi connectivity index (χ3v) is 5.33. The molecule has 2 atom stereocenters. The van der Waals surface area contributed by atoms with Gasteiger partial charge >= 0.3 is 0 Å². The van der Waals surface area contributed by atoms with Crippen LogP contribution < -0.4 is 11.1 Å². The van der Waals surface area contributed by atoms with E-state index in [1.54, 1.807) is 11.3 Å². The number of thiazole rings is 1.